The lowest BCUT2D eigenvalue weighted by Gasteiger charge is -2.27. The Morgan fingerprint density at radius 3 is 2.78 bits per heavy atom. The minimum atomic E-state index is 0.0502. The molecule has 1 aromatic heterocycles. The molecule has 2 rings (SSSR count). The number of ketones is 1. The third-order valence-electron chi connectivity index (χ3n) is 2.92. The molecule has 3 nitrogen and oxygen atoms in total. The third kappa shape index (κ3) is 2.80. The van der Waals surface area contributed by atoms with Crippen LogP contribution in [0.25, 0.3) is 0 Å². The molecule has 0 aromatic carbocycles. The molecule has 1 fully saturated rings. The predicted molar refractivity (Wildman–Crippen MR) is 82.8 cm³/mol. The highest BCUT2D eigenvalue weighted by Gasteiger charge is 2.33. The van der Waals surface area contributed by atoms with Crippen molar-refractivity contribution in [2.75, 3.05) is 11.5 Å². The van der Waals surface area contributed by atoms with Gasteiger partial charge in [0.25, 0.3) is 0 Å². The van der Waals surface area contributed by atoms with Crippen LogP contribution in [-0.2, 0) is 0 Å². The van der Waals surface area contributed by atoms with Crippen LogP contribution in [0.4, 0.5) is 0 Å². The molecule has 18 heavy (non-hydrogen) atoms. The van der Waals surface area contributed by atoms with E-state index < -0.39 is 0 Å². The Hall–Kier alpha value is 0.0600. The monoisotopic (exact) mass is 348 g/mol. The first-order chi connectivity index (χ1) is 8.52. The van der Waals surface area contributed by atoms with Crippen LogP contribution in [0.2, 0.25) is 0 Å². The van der Waals surface area contributed by atoms with E-state index >= 15 is 0 Å². The second-order valence-corrected chi connectivity index (χ2v) is 8.20. The first kappa shape index (κ1) is 14.5. The molecule has 2 unspecified atom stereocenters. The Bertz CT molecular complexity index is 447. The number of hydrogen-bond donors (Lipinski definition) is 0. The van der Waals surface area contributed by atoms with Crippen molar-refractivity contribution in [2.45, 2.75) is 37.3 Å². The molecule has 1 aliphatic rings. The van der Waals surface area contributed by atoms with Crippen molar-refractivity contribution >= 4 is 45.2 Å². The summed E-state index contributed by atoms with van der Waals surface area (Å²) in [5.74, 6) is 2.40. The smallest absolute Gasteiger partial charge is 0.196 e. The van der Waals surface area contributed by atoms with Crippen LogP contribution in [0.15, 0.2) is 10.7 Å². The SMILES string of the molecule is CC1SCCSC1C(=O)c1c(Br)cnn1C(C)C. The van der Waals surface area contributed by atoms with Gasteiger partial charge in [0.05, 0.1) is 15.9 Å². The quantitative estimate of drug-likeness (QED) is 0.781. The zero-order chi connectivity index (χ0) is 13.3. The number of hydrogen-bond acceptors (Lipinski definition) is 4. The van der Waals surface area contributed by atoms with Gasteiger partial charge in [-0.05, 0) is 29.8 Å². The molecule has 0 aliphatic carbocycles. The van der Waals surface area contributed by atoms with E-state index in [1.54, 1.807) is 18.0 Å². The maximum atomic E-state index is 12.7. The van der Waals surface area contributed by atoms with E-state index in [9.17, 15) is 4.79 Å². The summed E-state index contributed by atoms with van der Waals surface area (Å²) in [6, 6.07) is 0.201. The molecule has 1 aromatic rings. The molecule has 2 atom stereocenters. The van der Waals surface area contributed by atoms with Gasteiger partial charge in [0.15, 0.2) is 5.78 Å². The maximum Gasteiger partial charge on any atom is 0.196 e. The van der Waals surface area contributed by atoms with Gasteiger partial charge in [-0.15, -0.1) is 11.8 Å². The summed E-state index contributed by atoms with van der Waals surface area (Å²) in [5.41, 5.74) is 0.719. The lowest BCUT2D eigenvalue weighted by molar-refractivity contribution is 0.0976. The predicted octanol–water partition coefficient (Wildman–Crippen LogP) is 3.65. The normalized spacial score (nSPS) is 24.5. The largest absolute Gasteiger partial charge is 0.291 e. The van der Waals surface area contributed by atoms with E-state index in [1.165, 1.54) is 0 Å². The van der Waals surface area contributed by atoms with Gasteiger partial charge in [0, 0.05) is 22.8 Å². The Morgan fingerprint density at radius 1 is 1.50 bits per heavy atom. The number of aromatic nitrogens is 2. The fourth-order valence-electron chi connectivity index (χ4n) is 2.02. The zero-order valence-corrected chi connectivity index (χ0v) is 13.9. The highest BCUT2D eigenvalue weighted by atomic mass is 79.9. The molecule has 1 aliphatic heterocycles. The standard InChI is InChI=1S/C12H17BrN2OS2/c1-7(2)15-10(9(13)6-14-15)11(16)12-8(3)17-4-5-18-12/h6-8,12H,4-5H2,1-3H3. The number of Topliss-reactive ketones (excluding diaryl/α,β-unsaturated/α-hetero) is 1. The molecule has 0 spiro atoms. The van der Waals surface area contributed by atoms with Gasteiger partial charge in [-0.3, -0.25) is 9.48 Å². The second kappa shape index (κ2) is 6.01. The molecule has 1 saturated heterocycles. The van der Waals surface area contributed by atoms with Crippen molar-refractivity contribution in [3.05, 3.63) is 16.4 Å². The maximum absolute atomic E-state index is 12.7. The van der Waals surface area contributed by atoms with Gasteiger partial charge < -0.3 is 0 Å². The van der Waals surface area contributed by atoms with Gasteiger partial charge in [0.2, 0.25) is 0 Å². The van der Waals surface area contributed by atoms with Crippen molar-refractivity contribution in [3.8, 4) is 0 Å². The van der Waals surface area contributed by atoms with Gasteiger partial charge in [0.1, 0.15) is 5.69 Å². The summed E-state index contributed by atoms with van der Waals surface area (Å²) in [5, 5.41) is 4.71. The highest BCUT2D eigenvalue weighted by Crippen LogP contribution is 2.34. The number of carbonyl (C=O) groups excluding carboxylic acids is 1. The first-order valence-electron chi connectivity index (χ1n) is 6.02. The minimum Gasteiger partial charge on any atom is -0.291 e. The van der Waals surface area contributed by atoms with E-state index in [0.29, 0.717) is 5.25 Å². The molecule has 0 saturated carbocycles. The molecule has 2 heterocycles. The van der Waals surface area contributed by atoms with E-state index in [4.69, 9.17) is 0 Å². The van der Waals surface area contributed by atoms with Gasteiger partial charge in [-0.25, -0.2) is 0 Å². The molecular formula is C12H17BrN2OS2. The molecule has 0 radical (unpaired) electrons. The number of halogens is 1. The fraction of sp³-hybridized carbons (Fsp3) is 0.667. The lowest BCUT2D eigenvalue weighted by Crippen LogP contribution is -2.33. The number of thioether (sulfide) groups is 2. The number of rotatable bonds is 3. The molecule has 0 N–H and O–H groups in total. The summed E-state index contributed by atoms with van der Waals surface area (Å²) in [6.07, 6.45) is 1.72. The van der Waals surface area contributed by atoms with Crippen LogP contribution in [0.3, 0.4) is 0 Å². The highest BCUT2D eigenvalue weighted by molar-refractivity contribution is 9.10. The Labute approximate surface area is 125 Å². The third-order valence-corrected chi connectivity index (χ3v) is 6.59. The Morgan fingerprint density at radius 2 is 2.17 bits per heavy atom. The van der Waals surface area contributed by atoms with Crippen molar-refractivity contribution < 1.29 is 4.79 Å². The summed E-state index contributed by atoms with van der Waals surface area (Å²) >= 11 is 7.11. The molecule has 0 bridgehead atoms. The number of nitrogens with zero attached hydrogens (tertiary/aromatic N) is 2. The minimum absolute atomic E-state index is 0.0502. The Balaban J connectivity index is 2.30. The second-order valence-electron chi connectivity index (χ2n) is 4.61. The van der Waals surface area contributed by atoms with E-state index in [2.05, 4.69) is 28.0 Å². The topological polar surface area (TPSA) is 34.9 Å². The summed E-state index contributed by atoms with van der Waals surface area (Å²) in [4.78, 5) is 12.7. The van der Waals surface area contributed by atoms with Crippen molar-refractivity contribution in [1.29, 1.82) is 0 Å². The fourth-order valence-corrected chi connectivity index (χ4v) is 5.19. The molecule has 0 amide bonds. The van der Waals surface area contributed by atoms with Crippen LogP contribution in [0, 0.1) is 0 Å². The van der Waals surface area contributed by atoms with Gasteiger partial charge in [-0.2, -0.15) is 16.9 Å². The summed E-state index contributed by atoms with van der Waals surface area (Å²) in [7, 11) is 0. The summed E-state index contributed by atoms with van der Waals surface area (Å²) < 4.78 is 2.63. The van der Waals surface area contributed by atoms with Crippen LogP contribution < -0.4 is 0 Å². The van der Waals surface area contributed by atoms with E-state index in [1.807, 2.05) is 30.3 Å². The van der Waals surface area contributed by atoms with Crippen LogP contribution in [0.1, 0.15) is 37.3 Å². The van der Waals surface area contributed by atoms with Gasteiger partial charge >= 0.3 is 0 Å². The number of carbonyl (C=O) groups is 1. The summed E-state index contributed by atoms with van der Waals surface area (Å²) in [6.45, 7) is 6.23. The molecule has 100 valence electrons. The van der Waals surface area contributed by atoms with Crippen LogP contribution in [0.5, 0.6) is 0 Å². The molecule has 6 heteroatoms. The average molecular weight is 349 g/mol. The van der Waals surface area contributed by atoms with E-state index in [-0.39, 0.29) is 17.1 Å². The van der Waals surface area contributed by atoms with Crippen molar-refractivity contribution in [3.63, 3.8) is 0 Å². The Kier molecular flexibility index (Phi) is 4.83. The van der Waals surface area contributed by atoms with Crippen molar-refractivity contribution in [1.82, 2.24) is 9.78 Å². The zero-order valence-electron chi connectivity index (χ0n) is 10.7. The van der Waals surface area contributed by atoms with Crippen LogP contribution in [-0.4, -0.2) is 37.6 Å². The van der Waals surface area contributed by atoms with Crippen LogP contribution >= 0.6 is 39.5 Å². The first-order valence-corrected chi connectivity index (χ1v) is 8.92. The van der Waals surface area contributed by atoms with E-state index in [0.717, 1.165) is 21.7 Å². The van der Waals surface area contributed by atoms with Crippen molar-refractivity contribution in [2.24, 2.45) is 0 Å². The lowest BCUT2D eigenvalue weighted by atomic mass is 10.1. The average Bonchev–Trinajstić information content (AvgIpc) is 2.71. The molecular weight excluding hydrogens is 332 g/mol. The van der Waals surface area contributed by atoms with Gasteiger partial charge in [-0.1, -0.05) is 6.92 Å².